The van der Waals surface area contributed by atoms with Crippen LogP contribution >= 0.6 is 0 Å². The second kappa shape index (κ2) is 8.83. The molecule has 0 bridgehead atoms. The van der Waals surface area contributed by atoms with Crippen molar-refractivity contribution in [1.82, 2.24) is 9.97 Å². The van der Waals surface area contributed by atoms with Crippen LogP contribution in [0, 0.1) is 0 Å². The molecule has 6 rings (SSSR count). The van der Waals surface area contributed by atoms with Crippen LogP contribution in [-0.2, 0) is 13.2 Å². The zero-order chi connectivity index (χ0) is 22.7. The maximum Gasteiger partial charge on any atom is 0.132 e. The molecule has 6 aromatic rings. The first-order chi connectivity index (χ1) is 16.8. The molecule has 4 heteroatoms. The van der Waals surface area contributed by atoms with Gasteiger partial charge in [-0.15, -0.1) is 0 Å². The van der Waals surface area contributed by atoms with Crippen LogP contribution in [0.3, 0.4) is 0 Å². The van der Waals surface area contributed by atoms with E-state index in [-0.39, 0.29) is 0 Å². The lowest BCUT2D eigenvalue weighted by Crippen LogP contribution is -2.09. The molecule has 34 heavy (non-hydrogen) atoms. The number of benzene rings is 5. The first-order valence-electron chi connectivity index (χ1n) is 11.3. The summed E-state index contributed by atoms with van der Waals surface area (Å²) in [6, 6.07) is 36.6. The van der Waals surface area contributed by atoms with Gasteiger partial charge in [-0.05, 0) is 57.9 Å². The molecule has 0 aliphatic heterocycles. The molecule has 164 valence electrons. The molecule has 0 spiro atoms. The number of nitrogens with zero attached hydrogens (tertiary/aromatic N) is 2. The fourth-order valence-corrected chi connectivity index (χ4v) is 4.12. The molecule has 0 saturated heterocycles. The lowest BCUT2D eigenvalue weighted by atomic mass is 10.1. The largest absolute Gasteiger partial charge is 0.487 e. The maximum absolute atomic E-state index is 6.14. The Hall–Kier alpha value is -4.44. The van der Waals surface area contributed by atoms with Crippen molar-refractivity contribution < 1.29 is 9.47 Å². The van der Waals surface area contributed by atoms with Gasteiger partial charge in [0, 0.05) is 0 Å². The van der Waals surface area contributed by atoms with Crippen molar-refractivity contribution in [2.24, 2.45) is 0 Å². The van der Waals surface area contributed by atoms with E-state index in [9.17, 15) is 0 Å². The quantitative estimate of drug-likeness (QED) is 0.276. The summed E-state index contributed by atoms with van der Waals surface area (Å²) in [5.41, 5.74) is 3.23. The summed E-state index contributed by atoms with van der Waals surface area (Å²) in [6.45, 7) is 0.624. The van der Waals surface area contributed by atoms with Gasteiger partial charge in [0.2, 0.25) is 0 Å². The van der Waals surface area contributed by atoms with E-state index in [0.29, 0.717) is 13.2 Å². The van der Waals surface area contributed by atoms with E-state index in [1.807, 2.05) is 60.7 Å². The van der Waals surface area contributed by atoms with E-state index in [2.05, 4.69) is 48.5 Å². The number of ether oxygens (including phenoxy) is 2. The van der Waals surface area contributed by atoms with Crippen LogP contribution < -0.4 is 9.47 Å². The van der Waals surface area contributed by atoms with Crippen molar-refractivity contribution in [3.8, 4) is 11.5 Å². The predicted octanol–water partition coefficient (Wildman–Crippen LogP) is 7.09. The van der Waals surface area contributed by atoms with Crippen molar-refractivity contribution in [3.63, 3.8) is 0 Å². The Kier molecular flexibility index (Phi) is 5.24. The summed E-state index contributed by atoms with van der Waals surface area (Å²) in [5.74, 6) is 1.60. The summed E-state index contributed by atoms with van der Waals surface area (Å²) in [4.78, 5) is 9.69. The number of fused-ring (bicyclic) bond motifs is 3. The van der Waals surface area contributed by atoms with E-state index in [0.717, 1.165) is 44.7 Å². The Morgan fingerprint density at radius 1 is 0.441 bits per heavy atom. The van der Waals surface area contributed by atoms with E-state index in [1.165, 1.54) is 10.8 Å². The van der Waals surface area contributed by atoms with Gasteiger partial charge in [-0.25, -0.2) is 9.97 Å². The third kappa shape index (κ3) is 4.14. The van der Waals surface area contributed by atoms with Gasteiger partial charge in [-0.3, -0.25) is 0 Å². The summed E-state index contributed by atoms with van der Waals surface area (Å²) < 4.78 is 12.3. The number of aromatic nitrogens is 2. The fraction of sp³-hybridized carbons (Fsp3) is 0.0667. The molecular weight excluding hydrogens is 420 g/mol. The van der Waals surface area contributed by atoms with Crippen molar-refractivity contribution in [2.75, 3.05) is 0 Å². The zero-order valence-corrected chi connectivity index (χ0v) is 18.5. The smallest absolute Gasteiger partial charge is 0.132 e. The van der Waals surface area contributed by atoms with Gasteiger partial charge < -0.3 is 9.47 Å². The molecule has 0 N–H and O–H groups in total. The van der Waals surface area contributed by atoms with E-state index >= 15 is 0 Å². The second-order valence-electron chi connectivity index (χ2n) is 8.20. The summed E-state index contributed by atoms with van der Waals surface area (Å²) in [6.07, 6.45) is 0. The van der Waals surface area contributed by atoms with Crippen LogP contribution in [0.2, 0.25) is 0 Å². The third-order valence-corrected chi connectivity index (χ3v) is 5.92. The normalized spacial score (nSPS) is 11.2. The SMILES string of the molecule is c1ccc2cc(OCc3nc4ccccc4nc3COc3ccc4ccccc4c3)ccc2c1. The second-order valence-corrected chi connectivity index (χ2v) is 8.20. The molecule has 1 heterocycles. The van der Waals surface area contributed by atoms with Crippen LogP contribution in [-0.4, -0.2) is 9.97 Å². The molecule has 0 aliphatic carbocycles. The zero-order valence-electron chi connectivity index (χ0n) is 18.5. The van der Waals surface area contributed by atoms with Crippen LogP contribution in [0.25, 0.3) is 32.6 Å². The van der Waals surface area contributed by atoms with Gasteiger partial charge in [0.05, 0.1) is 11.0 Å². The van der Waals surface area contributed by atoms with Crippen LogP contribution in [0.15, 0.2) is 109 Å². The Labute approximate surface area is 197 Å². The average molecular weight is 443 g/mol. The minimum absolute atomic E-state index is 0.312. The van der Waals surface area contributed by atoms with Crippen molar-refractivity contribution >= 4 is 32.6 Å². The van der Waals surface area contributed by atoms with Gasteiger partial charge >= 0.3 is 0 Å². The molecule has 0 amide bonds. The molecule has 0 saturated carbocycles. The molecule has 5 aromatic carbocycles. The minimum atomic E-state index is 0.312. The summed E-state index contributed by atoms with van der Waals surface area (Å²) in [7, 11) is 0. The van der Waals surface area contributed by atoms with Gasteiger partial charge in [0.25, 0.3) is 0 Å². The minimum Gasteiger partial charge on any atom is -0.487 e. The lowest BCUT2D eigenvalue weighted by Gasteiger charge is -2.13. The molecule has 1 aromatic heterocycles. The Morgan fingerprint density at radius 2 is 0.853 bits per heavy atom. The molecule has 0 radical (unpaired) electrons. The van der Waals surface area contributed by atoms with Crippen LogP contribution in [0.1, 0.15) is 11.4 Å². The molecule has 0 aliphatic rings. The highest BCUT2D eigenvalue weighted by Gasteiger charge is 2.12. The number of hydrogen-bond donors (Lipinski definition) is 0. The Bertz CT molecular complexity index is 1510. The van der Waals surface area contributed by atoms with Gasteiger partial charge in [-0.1, -0.05) is 72.8 Å². The molecular formula is C30H22N2O2. The fourth-order valence-electron chi connectivity index (χ4n) is 4.12. The highest BCUT2D eigenvalue weighted by molar-refractivity contribution is 5.84. The third-order valence-electron chi connectivity index (χ3n) is 5.92. The summed E-state index contributed by atoms with van der Waals surface area (Å²) in [5, 5.41) is 4.66. The molecule has 4 nitrogen and oxygen atoms in total. The predicted molar refractivity (Wildman–Crippen MR) is 136 cm³/mol. The number of rotatable bonds is 6. The summed E-state index contributed by atoms with van der Waals surface area (Å²) >= 11 is 0. The van der Waals surface area contributed by atoms with Crippen LogP contribution in [0.5, 0.6) is 11.5 Å². The van der Waals surface area contributed by atoms with Crippen LogP contribution in [0.4, 0.5) is 0 Å². The van der Waals surface area contributed by atoms with Crippen molar-refractivity contribution in [3.05, 3.63) is 121 Å². The first kappa shape index (κ1) is 20.2. The highest BCUT2D eigenvalue weighted by Crippen LogP contribution is 2.24. The van der Waals surface area contributed by atoms with Gasteiger partial charge in [-0.2, -0.15) is 0 Å². The topological polar surface area (TPSA) is 44.2 Å². The van der Waals surface area contributed by atoms with Gasteiger partial charge in [0.15, 0.2) is 0 Å². The Morgan fingerprint density at radius 3 is 1.32 bits per heavy atom. The van der Waals surface area contributed by atoms with Crippen molar-refractivity contribution in [2.45, 2.75) is 13.2 Å². The standard InChI is InChI=1S/C30H22N2O2/c1-3-9-23-17-25(15-13-21(23)7-1)33-19-29-30(32-28-12-6-5-11-27(28)31-29)20-34-26-16-14-22-8-2-4-10-24(22)18-26/h1-18H,19-20H2. The average Bonchev–Trinajstić information content (AvgIpc) is 2.90. The van der Waals surface area contributed by atoms with Crippen molar-refractivity contribution in [1.29, 1.82) is 0 Å². The monoisotopic (exact) mass is 442 g/mol. The number of para-hydroxylation sites is 2. The van der Waals surface area contributed by atoms with E-state index < -0.39 is 0 Å². The molecule has 0 atom stereocenters. The lowest BCUT2D eigenvalue weighted by molar-refractivity contribution is 0.278. The molecule has 0 unspecified atom stereocenters. The van der Waals surface area contributed by atoms with E-state index in [1.54, 1.807) is 0 Å². The maximum atomic E-state index is 6.14. The number of hydrogen-bond acceptors (Lipinski definition) is 4. The Balaban J connectivity index is 1.27. The highest BCUT2D eigenvalue weighted by atomic mass is 16.5. The van der Waals surface area contributed by atoms with Gasteiger partial charge in [0.1, 0.15) is 36.1 Å². The van der Waals surface area contributed by atoms with E-state index in [4.69, 9.17) is 19.4 Å². The molecule has 0 fully saturated rings. The first-order valence-corrected chi connectivity index (χ1v) is 11.3.